The van der Waals surface area contributed by atoms with Crippen molar-refractivity contribution in [1.29, 1.82) is 0 Å². The van der Waals surface area contributed by atoms with Gasteiger partial charge in [0.2, 0.25) is 0 Å². The zero-order chi connectivity index (χ0) is 13.6. The number of ether oxygens (including phenoxy) is 1. The number of aryl methyl sites for hydroxylation is 1. The average molecular weight is 258 g/mol. The quantitative estimate of drug-likeness (QED) is 0.760. The van der Waals surface area contributed by atoms with Crippen molar-refractivity contribution in [2.24, 2.45) is 0 Å². The molecule has 2 rings (SSSR count). The molecule has 2 nitrogen and oxygen atoms in total. The summed E-state index contributed by atoms with van der Waals surface area (Å²) in [5, 5.41) is 0. The second kappa shape index (κ2) is 4.00. The Hall–Kier alpha value is -1.52. The number of methoxy groups -OCH3 is 1. The molecule has 0 spiro atoms. The largest absolute Gasteiger partial charge is 0.465 e. The molecule has 1 saturated carbocycles. The predicted molar refractivity (Wildman–Crippen MR) is 59.5 cm³/mol. The van der Waals surface area contributed by atoms with E-state index >= 15 is 0 Å². The Morgan fingerprint density at radius 1 is 1.33 bits per heavy atom. The van der Waals surface area contributed by atoms with Crippen LogP contribution in [0.5, 0.6) is 0 Å². The first kappa shape index (κ1) is 12.9. The van der Waals surface area contributed by atoms with Gasteiger partial charge in [0.05, 0.1) is 18.1 Å². The lowest BCUT2D eigenvalue weighted by Crippen LogP contribution is -2.31. The summed E-state index contributed by atoms with van der Waals surface area (Å²) in [5.41, 5.74) is -1.26. The molecule has 1 fully saturated rings. The Balaban J connectivity index is 2.59. The number of benzene rings is 1. The van der Waals surface area contributed by atoms with Gasteiger partial charge in [-0.25, -0.2) is 4.79 Å². The SMILES string of the molecule is COC(=O)c1c(C)cccc1C1(C(F)(F)F)CC1. The highest BCUT2D eigenvalue weighted by Gasteiger charge is 2.65. The molecule has 1 aromatic rings. The number of alkyl halides is 3. The molecule has 0 N–H and O–H groups in total. The topological polar surface area (TPSA) is 26.3 Å². The number of esters is 1. The predicted octanol–water partition coefficient (Wildman–Crippen LogP) is 3.38. The summed E-state index contributed by atoms with van der Waals surface area (Å²) in [5.74, 6) is -0.710. The van der Waals surface area contributed by atoms with Gasteiger partial charge in [-0.05, 0) is 30.9 Å². The third-order valence-corrected chi connectivity index (χ3v) is 3.47. The lowest BCUT2D eigenvalue weighted by Gasteiger charge is -2.22. The lowest BCUT2D eigenvalue weighted by molar-refractivity contribution is -0.160. The second-order valence-corrected chi connectivity index (χ2v) is 4.57. The van der Waals surface area contributed by atoms with E-state index in [4.69, 9.17) is 0 Å². The van der Waals surface area contributed by atoms with Crippen LogP contribution in [0.3, 0.4) is 0 Å². The molecule has 18 heavy (non-hydrogen) atoms. The van der Waals surface area contributed by atoms with Crippen molar-refractivity contribution >= 4 is 5.97 Å². The van der Waals surface area contributed by atoms with Crippen LogP contribution in [0, 0.1) is 6.92 Å². The summed E-state index contributed by atoms with van der Waals surface area (Å²) in [7, 11) is 1.17. The molecule has 1 aliphatic carbocycles. The van der Waals surface area contributed by atoms with Gasteiger partial charge in [0.1, 0.15) is 0 Å². The molecule has 0 atom stereocenters. The zero-order valence-corrected chi connectivity index (χ0v) is 10.1. The highest BCUT2D eigenvalue weighted by Crippen LogP contribution is 2.59. The molecule has 0 unspecified atom stereocenters. The fourth-order valence-electron chi connectivity index (χ4n) is 2.27. The van der Waals surface area contributed by atoms with E-state index in [0.717, 1.165) is 0 Å². The minimum Gasteiger partial charge on any atom is -0.465 e. The van der Waals surface area contributed by atoms with E-state index in [1.165, 1.54) is 13.2 Å². The molecule has 1 aromatic carbocycles. The van der Waals surface area contributed by atoms with Gasteiger partial charge in [0, 0.05) is 0 Å². The van der Waals surface area contributed by atoms with E-state index < -0.39 is 17.6 Å². The average Bonchev–Trinajstić information content (AvgIpc) is 3.08. The van der Waals surface area contributed by atoms with Gasteiger partial charge in [-0.15, -0.1) is 0 Å². The summed E-state index contributed by atoms with van der Waals surface area (Å²) in [4.78, 5) is 11.7. The number of hydrogen-bond donors (Lipinski definition) is 0. The Bertz CT molecular complexity index is 487. The Labute approximate surface area is 103 Å². The standard InChI is InChI=1S/C13H13F3O2/c1-8-4-3-5-9(10(8)11(17)18-2)12(6-7-12)13(14,15)16/h3-5H,6-7H2,1-2H3. The fraction of sp³-hybridized carbons (Fsp3) is 0.462. The first-order valence-electron chi connectivity index (χ1n) is 5.58. The smallest absolute Gasteiger partial charge is 0.398 e. The maximum Gasteiger partial charge on any atom is 0.398 e. The van der Waals surface area contributed by atoms with Crippen LogP contribution in [0.1, 0.15) is 34.3 Å². The molecule has 0 aliphatic heterocycles. The summed E-state index contributed by atoms with van der Waals surface area (Å²) in [6.07, 6.45) is -4.27. The first-order chi connectivity index (χ1) is 8.33. The second-order valence-electron chi connectivity index (χ2n) is 4.57. The normalized spacial score (nSPS) is 17.4. The maximum absolute atomic E-state index is 13.1. The van der Waals surface area contributed by atoms with Crippen molar-refractivity contribution in [3.05, 3.63) is 34.9 Å². The van der Waals surface area contributed by atoms with Gasteiger partial charge < -0.3 is 4.74 Å². The van der Waals surface area contributed by atoms with Gasteiger partial charge >= 0.3 is 12.1 Å². The molecule has 0 heterocycles. The third kappa shape index (κ3) is 1.78. The van der Waals surface area contributed by atoms with Crippen molar-refractivity contribution < 1.29 is 22.7 Å². The Morgan fingerprint density at radius 2 is 1.94 bits per heavy atom. The molecule has 0 amide bonds. The highest BCUT2D eigenvalue weighted by atomic mass is 19.4. The van der Waals surface area contributed by atoms with Crippen molar-refractivity contribution in [1.82, 2.24) is 0 Å². The number of carbonyl (C=O) groups excluding carboxylic acids is 1. The van der Waals surface area contributed by atoms with Crippen LogP contribution < -0.4 is 0 Å². The molecular formula is C13H13F3O2. The van der Waals surface area contributed by atoms with E-state index in [2.05, 4.69) is 4.74 Å². The number of halogens is 3. The van der Waals surface area contributed by atoms with Crippen LogP contribution >= 0.6 is 0 Å². The summed E-state index contributed by atoms with van der Waals surface area (Å²) < 4.78 is 43.9. The minimum atomic E-state index is -4.33. The number of carbonyl (C=O) groups is 1. The highest BCUT2D eigenvalue weighted by molar-refractivity contribution is 5.93. The molecule has 98 valence electrons. The third-order valence-electron chi connectivity index (χ3n) is 3.47. The molecule has 5 heteroatoms. The molecular weight excluding hydrogens is 245 g/mol. The molecule has 1 aliphatic rings. The van der Waals surface area contributed by atoms with Crippen molar-refractivity contribution in [3.8, 4) is 0 Å². The van der Waals surface area contributed by atoms with E-state index in [1.807, 2.05) is 0 Å². The summed E-state index contributed by atoms with van der Waals surface area (Å²) >= 11 is 0. The van der Waals surface area contributed by atoms with Crippen LogP contribution in [0.4, 0.5) is 13.2 Å². The summed E-state index contributed by atoms with van der Waals surface area (Å²) in [6.45, 7) is 1.61. The van der Waals surface area contributed by atoms with Crippen molar-refractivity contribution in [3.63, 3.8) is 0 Å². The van der Waals surface area contributed by atoms with Gasteiger partial charge in [-0.1, -0.05) is 18.2 Å². The lowest BCUT2D eigenvalue weighted by atomic mass is 9.88. The van der Waals surface area contributed by atoms with Gasteiger partial charge in [0.25, 0.3) is 0 Å². The van der Waals surface area contributed by atoms with Gasteiger partial charge in [-0.2, -0.15) is 13.2 Å². The van der Waals surface area contributed by atoms with Crippen LogP contribution in [-0.2, 0) is 10.2 Å². The monoisotopic (exact) mass is 258 g/mol. The number of rotatable bonds is 2. The van der Waals surface area contributed by atoms with Crippen LogP contribution in [0.15, 0.2) is 18.2 Å². The van der Waals surface area contributed by atoms with E-state index in [-0.39, 0.29) is 24.0 Å². The Kier molecular flexibility index (Phi) is 2.87. The van der Waals surface area contributed by atoms with Crippen molar-refractivity contribution in [2.75, 3.05) is 7.11 Å². The first-order valence-corrected chi connectivity index (χ1v) is 5.58. The molecule has 0 aromatic heterocycles. The zero-order valence-electron chi connectivity index (χ0n) is 10.1. The van der Waals surface area contributed by atoms with Crippen LogP contribution in [0.25, 0.3) is 0 Å². The maximum atomic E-state index is 13.1. The van der Waals surface area contributed by atoms with E-state index in [1.54, 1.807) is 19.1 Å². The molecule has 0 radical (unpaired) electrons. The molecule has 0 bridgehead atoms. The van der Waals surface area contributed by atoms with E-state index in [0.29, 0.717) is 5.56 Å². The minimum absolute atomic E-state index is 0.0317. The molecule has 0 saturated heterocycles. The van der Waals surface area contributed by atoms with Crippen molar-refractivity contribution in [2.45, 2.75) is 31.4 Å². The Morgan fingerprint density at radius 3 is 2.39 bits per heavy atom. The van der Waals surface area contributed by atoms with Gasteiger partial charge in [0.15, 0.2) is 0 Å². The van der Waals surface area contributed by atoms with E-state index in [9.17, 15) is 18.0 Å². The van der Waals surface area contributed by atoms with Crippen LogP contribution in [-0.4, -0.2) is 19.3 Å². The van der Waals surface area contributed by atoms with Gasteiger partial charge in [-0.3, -0.25) is 0 Å². The number of hydrogen-bond acceptors (Lipinski definition) is 2. The fourth-order valence-corrected chi connectivity index (χ4v) is 2.27. The van der Waals surface area contributed by atoms with Crippen LogP contribution in [0.2, 0.25) is 0 Å². The summed E-state index contributed by atoms with van der Waals surface area (Å²) in [6, 6.07) is 4.53.